The Morgan fingerprint density at radius 1 is 1.62 bits per heavy atom. The van der Waals surface area contributed by atoms with Crippen LogP contribution in [0, 0.1) is 0 Å². The zero-order valence-corrected chi connectivity index (χ0v) is 9.70. The highest BCUT2D eigenvalue weighted by Crippen LogP contribution is 2.19. The van der Waals surface area contributed by atoms with Crippen LogP contribution in [0.25, 0.3) is 0 Å². The van der Waals surface area contributed by atoms with E-state index in [1.54, 1.807) is 11.3 Å². The summed E-state index contributed by atoms with van der Waals surface area (Å²) in [6.07, 6.45) is 0. The summed E-state index contributed by atoms with van der Waals surface area (Å²) in [4.78, 5) is 1.30. The smallest absolute Gasteiger partial charge is 0.0300 e. The summed E-state index contributed by atoms with van der Waals surface area (Å²) >= 11 is 5.13. The summed E-state index contributed by atoms with van der Waals surface area (Å²) in [6, 6.07) is 2.16. The van der Waals surface area contributed by atoms with E-state index >= 15 is 0 Å². The highest BCUT2D eigenvalue weighted by atomic mass is 79.9. The molecule has 3 nitrogen and oxygen atoms in total. The zero-order valence-electron chi connectivity index (χ0n) is 7.29. The second kappa shape index (κ2) is 5.72. The van der Waals surface area contributed by atoms with E-state index in [9.17, 15) is 0 Å². The number of thiophene rings is 1. The van der Waals surface area contributed by atoms with E-state index in [0.29, 0.717) is 6.54 Å². The number of nitrogens with two attached hydrogens (primary N) is 2. The van der Waals surface area contributed by atoms with Crippen molar-refractivity contribution in [3.63, 3.8) is 0 Å². The third kappa shape index (κ3) is 4.19. The minimum atomic E-state index is 0.0587. The molecule has 5 N–H and O–H groups in total. The minimum absolute atomic E-state index is 0.0587. The molecule has 0 aliphatic rings. The van der Waals surface area contributed by atoms with E-state index in [4.69, 9.17) is 11.5 Å². The van der Waals surface area contributed by atoms with Crippen LogP contribution < -0.4 is 16.8 Å². The molecule has 1 rings (SSSR count). The van der Waals surface area contributed by atoms with Crippen LogP contribution in [0.5, 0.6) is 0 Å². The van der Waals surface area contributed by atoms with Crippen molar-refractivity contribution in [2.75, 3.05) is 13.1 Å². The summed E-state index contributed by atoms with van der Waals surface area (Å²) in [7, 11) is 0. The number of hydrogen-bond donors (Lipinski definition) is 3. The molecule has 0 amide bonds. The molecule has 74 valence electrons. The van der Waals surface area contributed by atoms with Gasteiger partial charge < -0.3 is 16.8 Å². The Bertz CT molecular complexity index is 251. The van der Waals surface area contributed by atoms with E-state index in [2.05, 4.69) is 32.7 Å². The number of halogens is 1. The van der Waals surface area contributed by atoms with Crippen molar-refractivity contribution >= 4 is 27.3 Å². The van der Waals surface area contributed by atoms with Crippen LogP contribution in [0.15, 0.2) is 15.9 Å². The molecule has 0 aliphatic heterocycles. The Hall–Kier alpha value is 0.0600. The molecule has 1 unspecified atom stereocenters. The normalized spacial score (nSPS) is 13.2. The fourth-order valence-electron chi connectivity index (χ4n) is 0.911. The van der Waals surface area contributed by atoms with Crippen LogP contribution in [0.4, 0.5) is 0 Å². The molecule has 0 saturated carbocycles. The second-order valence-electron chi connectivity index (χ2n) is 2.86. The van der Waals surface area contributed by atoms with Crippen molar-refractivity contribution in [3.8, 4) is 0 Å². The standard InChI is InChI=1S/C8H14BrN3S/c9-6-1-8(13-5-6)4-12-3-7(11)2-10/h1,5,7,12H,2-4,10-11H2. The number of nitrogens with one attached hydrogen (secondary N) is 1. The molecule has 0 bridgehead atoms. The van der Waals surface area contributed by atoms with Gasteiger partial charge in [-0.1, -0.05) is 0 Å². The Kier molecular flexibility index (Phi) is 4.90. The van der Waals surface area contributed by atoms with E-state index in [1.165, 1.54) is 4.88 Å². The van der Waals surface area contributed by atoms with Crippen LogP contribution in [-0.4, -0.2) is 19.1 Å². The van der Waals surface area contributed by atoms with Crippen molar-refractivity contribution in [1.29, 1.82) is 0 Å². The topological polar surface area (TPSA) is 64.1 Å². The molecule has 0 saturated heterocycles. The van der Waals surface area contributed by atoms with Gasteiger partial charge in [-0.25, -0.2) is 0 Å². The molecule has 1 atom stereocenters. The van der Waals surface area contributed by atoms with Gasteiger partial charge in [-0.15, -0.1) is 11.3 Å². The quantitative estimate of drug-likeness (QED) is 0.740. The van der Waals surface area contributed by atoms with E-state index in [1.807, 2.05) is 0 Å². The Morgan fingerprint density at radius 3 is 2.92 bits per heavy atom. The van der Waals surface area contributed by atoms with Gasteiger partial charge in [-0.2, -0.15) is 0 Å². The molecule has 0 spiro atoms. The first kappa shape index (κ1) is 11.1. The van der Waals surface area contributed by atoms with E-state index < -0.39 is 0 Å². The summed E-state index contributed by atoms with van der Waals surface area (Å²) in [5.74, 6) is 0. The molecule has 1 heterocycles. The largest absolute Gasteiger partial charge is 0.329 e. The molecule has 1 aromatic rings. The van der Waals surface area contributed by atoms with E-state index in [0.717, 1.165) is 17.6 Å². The van der Waals surface area contributed by atoms with Crippen molar-refractivity contribution in [1.82, 2.24) is 5.32 Å². The van der Waals surface area contributed by atoms with Gasteiger partial charge in [0.25, 0.3) is 0 Å². The lowest BCUT2D eigenvalue weighted by Gasteiger charge is -2.08. The molecule has 1 aromatic heterocycles. The first-order valence-electron chi connectivity index (χ1n) is 4.11. The first-order valence-corrected chi connectivity index (χ1v) is 5.79. The number of rotatable bonds is 5. The molecule has 0 radical (unpaired) electrons. The van der Waals surface area contributed by atoms with E-state index in [-0.39, 0.29) is 6.04 Å². The number of hydrogen-bond acceptors (Lipinski definition) is 4. The van der Waals surface area contributed by atoms with Crippen molar-refractivity contribution in [2.24, 2.45) is 11.5 Å². The molecular weight excluding hydrogens is 250 g/mol. The summed E-state index contributed by atoms with van der Waals surface area (Å²) in [5, 5.41) is 5.32. The van der Waals surface area contributed by atoms with Gasteiger partial charge in [-0.3, -0.25) is 0 Å². The highest BCUT2D eigenvalue weighted by Gasteiger charge is 2.00. The van der Waals surface area contributed by atoms with Gasteiger partial charge in [0.2, 0.25) is 0 Å². The molecule has 0 aromatic carbocycles. The average Bonchev–Trinajstić information content (AvgIpc) is 2.51. The maximum atomic E-state index is 5.65. The third-order valence-electron chi connectivity index (χ3n) is 1.63. The molecule has 13 heavy (non-hydrogen) atoms. The van der Waals surface area contributed by atoms with Crippen LogP contribution in [0.2, 0.25) is 0 Å². The summed E-state index contributed by atoms with van der Waals surface area (Å²) in [6.45, 7) is 2.16. The summed E-state index contributed by atoms with van der Waals surface area (Å²) < 4.78 is 1.14. The predicted molar refractivity (Wildman–Crippen MR) is 60.8 cm³/mol. The fraction of sp³-hybridized carbons (Fsp3) is 0.500. The van der Waals surface area contributed by atoms with Crippen LogP contribution in [0.3, 0.4) is 0 Å². The minimum Gasteiger partial charge on any atom is -0.329 e. The highest BCUT2D eigenvalue weighted by molar-refractivity contribution is 9.10. The molecule has 0 aliphatic carbocycles. The average molecular weight is 264 g/mol. The molecular formula is C8H14BrN3S. The second-order valence-corrected chi connectivity index (χ2v) is 4.77. The van der Waals surface area contributed by atoms with Crippen molar-refractivity contribution in [2.45, 2.75) is 12.6 Å². The van der Waals surface area contributed by atoms with Crippen molar-refractivity contribution < 1.29 is 0 Å². The maximum absolute atomic E-state index is 5.65. The van der Waals surface area contributed by atoms with Gasteiger partial charge in [0.1, 0.15) is 0 Å². The Balaban J connectivity index is 2.20. The third-order valence-corrected chi connectivity index (χ3v) is 3.33. The molecule has 5 heteroatoms. The fourth-order valence-corrected chi connectivity index (χ4v) is 2.33. The first-order chi connectivity index (χ1) is 6.22. The summed E-state index contributed by atoms with van der Waals surface area (Å²) in [5.41, 5.74) is 11.0. The van der Waals surface area contributed by atoms with Crippen LogP contribution in [0.1, 0.15) is 4.88 Å². The van der Waals surface area contributed by atoms with Gasteiger partial charge in [-0.05, 0) is 22.0 Å². The lowest BCUT2D eigenvalue weighted by Crippen LogP contribution is -2.39. The van der Waals surface area contributed by atoms with Gasteiger partial charge in [0.05, 0.1) is 0 Å². The lowest BCUT2D eigenvalue weighted by molar-refractivity contribution is 0.585. The van der Waals surface area contributed by atoms with Gasteiger partial charge >= 0.3 is 0 Å². The predicted octanol–water partition coefficient (Wildman–Crippen LogP) is 0.886. The zero-order chi connectivity index (χ0) is 9.68. The van der Waals surface area contributed by atoms with Crippen LogP contribution in [-0.2, 0) is 6.54 Å². The van der Waals surface area contributed by atoms with Crippen LogP contribution >= 0.6 is 27.3 Å². The van der Waals surface area contributed by atoms with Crippen molar-refractivity contribution in [3.05, 3.63) is 20.8 Å². The lowest BCUT2D eigenvalue weighted by atomic mass is 10.3. The SMILES string of the molecule is NCC(N)CNCc1cc(Br)cs1. The Labute approximate surface area is 90.6 Å². The van der Waals surface area contributed by atoms with Gasteiger partial charge in [0, 0.05) is 40.4 Å². The Morgan fingerprint density at radius 2 is 2.38 bits per heavy atom. The molecule has 0 fully saturated rings. The maximum Gasteiger partial charge on any atom is 0.0300 e. The van der Waals surface area contributed by atoms with Gasteiger partial charge in [0.15, 0.2) is 0 Å². The monoisotopic (exact) mass is 263 g/mol.